The third kappa shape index (κ3) is 8.78. The molecule has 8 nitrogen and oxygen atoms in total. The zero-order valence-electron chi connectivity index (χ0n) is 19.1. The number of hydrogen-bond donors (Lipinski definition) is 4. The predicted octanol–water partition coefficient (Wildman–Crippen LogP) is 3.09. The quantitative estimate of drug-likeness (QED) is 0.260. The molecule has 0 radical (unpaired) electrons. The third-order valence-electron chi connectivity index (χ3n) is 5.00. The van der Waals surface area contributed by atoms with Gasteiger partial charge < -0.3 is 26.6 Å². The Morgan fingerprint density at radius 2 is 1.85 bits per heavy atom. The Labute approximate surface area is 195 Å². The fourth-order valence-electron chi connectivity index (χ4n) is 3.28. The highest BCUT2D eigenvalue weighted by Gasteiger charge is 2.16. The SMILES string of the molecule is C=C(CN(CCCCC)C(=O)CNC(=O)c1cccc(NC=O)c1)Nc1cccc(CN)c1. The van der Waals surface area contributed by atoms with Crippen LogP contribution in [0.15, 0.2) is 60.8 Å². The van der Waals surface area contributed by atoms with Crippen LogP contribution in [-0.2, 0) is 16.1 Å². The molecule has 3 amide bonds. The lowest BCUT2D eigenvalue weighted by Gasteiger charge is -2.24. The van der Waals surface area contributed by atoms with Gasteiger partial charge in [-0.2, -0.15) is 0 Å². The molecule has 0 spiro atoms. The van der Waals surface area contributed by atoms with Gasteiger partial charge in [0.1, 0.15) is 0 Å². The number of carbonyl (C=O) groups is 3. The van der Waals surface area contributed by atoms with Gasteiger partial charge in [0.05, 0.1) is 13.1 Å². The summed E-state index contributed by atoms with van der Waals surface area (Å²) >= 11 is 0. The molecular formula is C25H33N5O3. The van der Waals surface area contributed by atoms with E-state index in [1.54, 1.807) is 29.2 Å². The number of amides is 3. The second kappa shape index (κ2) is 13.7. The maximum Gasteiger partial charge on any atom is 0.251 e. The van der Waals surface area contributed by atoms with Gasteiger partial charge in [0.2, 0.25) is 12.3 Å². The molecule has 176 valence electrons. The van der Waals surface area contributed by atoms with Crippen LogP contribution in [0.25, 0.3) is 0 Å². The molecule has 5 N–H and O–H groups in total. The van der Waals surface area contributed by atoms with Crippen molar-refractivity contribution in [1.29, 1.82) is 0 Å². The van der Waals surface area contributed by atoms with Crippen LogP contribution in [0.3, 0.4) is 0 Å². The maximum absolute atomic E-state index is 12.9. The largest absolute Gasteiger partial charge is 0.358 e. The molecule has 2 aromatic carbocycles. The smallest absolute Gasteiger partial charge is 0.251 e. The first-order chi connectivity index (χ1) is 16.0. The molecule has 0 saturated carbocycles. The monoisotopic (exact) mass is 451 g/mol. The topological polar surface area (TPSA) is 117 Å². The second-order valence-corrected chi connectivity index (χ2v) is 7.68. The Bertz CT molecular complexity index is 961. The van der Waals surface area contributed by atoms with Gasteiger partial charge in [-0.05, 0) is 42.3 Å². The zero-order chi connectivity index (χ0) is 24.1. The first kappa shape index (κ1) is 25.6. The number of nitrogens with zero attached hydrogens (tertiary/aromatic N) is 1. The van der Waals surface area contributed by atoms with E-state index in [1.807, 2.05) is 24.3 Å². The average Bonchev–Trinajstić information content (AvgIpc) is 2.82. The van der Waals surface area contributed by atoms with Crippen LogP contribution in [0.5, 0.6) is 0 Å². The van der Waals surface area contributed by atoms with Crippen LogP contribution >= 0.6 is 0 Å². The Balaban J connectivity index is 1.97. The molecule has 0 aliphatic carbocycles. The second-order valence-electron chi connectivity index (χ2n) is 7.68. The van der Waals surface area contributed by atoms with Crippen LogP contribution in [0.4, 0.5) is 11.4 Å². The zero-order valence-corrected chi connectivity index (χ0v) is 19.1. The van der Waals surface area contributed by atoms with E-state index in [1.165, 1.54) is 0 Å². The Hall–Kier alpha value is -3.65. The number of rotatable bonds is 14. The molecule has 0 aliphatic heterocycles. The molecule has 0 heterocycles. The predicted molar refractivity (Wildman–Crippen MR) is 132 cm³/mol. The van der Waals surface area contributed by atoms with Crippen LogP contribution in [-0.4, -0.2) is 42.8 Å². The van der Waals surface area contributed by atoms with Gasteiger partial charge in [-0.15, -0.1) is 0 Å². The van der Waals surface area contributed by atoms with Crippen molar-refractivity contribution in [3.8, 4) is 0 Å². The van der Waals surface area contributed by atoms with E-state index < -0.39 is 0 Å². The summed E-state index contributed by atoms with van der Waals surface area (Å²) in [5.74, 6) is -0.581. The van der Waals surface area contributed by atoms with Crippen molar-refractivity contribution in [2.45, 2.75) is 32.7 Å². The minimum absolute atomic E-state index is 0.133. The molecule has 33 heavy (non-hydrogen) atoms. The van der Waals surface area contributed by atoms with E-state index in [-0.39, 0.29) is 18.4 Å². The lowest BCUT2D eigenvalue weighted by Crippen LogP contribution is -2.42. The van der Waals surface area contributed by atoms with E-state index in [2.05, 4.69) is 29.5 Å². The van der Waals surface area contributed by atoms with Gasteiger partial charge in [-0.3, -0.25) is 14.4 Å². The molecule has 0 fully saturated rings. The van der Waals surface area contributed by atoms with Crippen molar-refractivity contribution < 1.29 is 14.4 Å². The fraction of sp³-hybridized carbons (Fsp3) is 0.320. The van der Waals surface area contributed by atoms with Crippen LogP contribution in [0, 0.1) is 0 Å². The average molecular weight is 452 g/mol. The first-order valence-electron chi connectivity index (χ1n) is 11.1. The number of hydrogen-bond acceptors (Lipinski definition) is 5. The van der Waals surface area contributed by atoms with Crippen LogP contribution in [0.2, 0.25) is 0 Å². The molecule has 2 aromatic rings. The van der Waals surface area contributed by atoms with Gasteiger partial charge in [-0.1, -0.05) is 44.5 Å². The number of carbonyl (C=O) groups excluding carboxylic acids is 3. The Morgan fingerprint density at radius 1 is 1.09 bits per heavy atom. The van der Waals surface area contributed by atoms with Gasteiger partial charge in [-0.25, -0.2) is 0 Å². The van der Waals surface area contributed by atoms with Crippen molar-refractivity contribution >= 4 is 29.6 Å². The molecule has 2 rings (SSSR count). The fourth-order valence-corrected chi connectivity index (χ4v) is 3.28. The highest BCUT2D eigenvalue weighted by Crippen LogP contribution is 2.13. The first-order valence-corrected chi connectivity index (χ1v) is 11.1. The minimum Gasteiger partial charge on any atom is -0.358 e. The summed E-state index contributed by atoms with van der Waals surface area (Å²) in [5.41, 5.74) is 9.10. The summed E-state index contributed by atoms with van der Waals surface area (Å²) in [4.78, 5) is 37.7. The van der Waals surface area contributed by atoms with Gasteiger partial charge in [0, 0.05) is 35.7 Å². The number of benzene rings is 2. The maximum atomic E-state index is 12.9. The molecule has 0 atom stereocenters. The van der Waals surface area contributed by atoms with Crippen LogP contribution in [0.1, 0.15) is 42.1 Å². The van der Waals surface area contributed by atoms with E-state index in [4.69, 9.17) is 5.73 Å². The summed E-state index contributed by atoms with van der Waals surface area (Å²) in [6.45, 7) is 7.38. The van der Waals surface area contributed by atoms with Gasteiger partial charge in [0.15, 0.2) is 0 Å². The van der Waals surface area contributed by atoms with Crippen molar-refractivity contribution in [3.63, 3.8) is 0 Å². The van der Waals surface area contributed by atoms with E-state index in [9.17, 15) is 14.4 Å². The number of unbranched alkanes of at least 4 members (excludes halogenated alkanes) is 2. The van der Waals surface area contributed by atoms with Crippen molar-refractivity contribution in [1.82, 2.24) is 10.2 Å². The highest BCUT2D eigenvalue weighted by atomic mass is 16.2. The standard InChI is InChI=1S/C25H33N5O3/c1-3-4-5-12-30(17-19(2)29-23-11-6-8-20(13-23)15-26)24(32)16-27-25(33)21-9-7-10-22(14-21)28-18-31/h6-11,13-14,18,29H,2-5,12,15-17,26H2,1H3,(H,27,33)(H,28,31). The van der Waals surface area contributed by atoms with Crippen LogP contribution < -0.4 is 21.7 Å². The molecular weight excluding hydrogens is 418 g/mol. The van der Waals surface area contributed by atoms with Crippen molar-refractivity contribution in [3.05, 3.63) is 71.9 Å². The number of anilines is 2. The molecule has 0 saturated heterocycles. The summed E-state index contributed by atoms with van der Waals surface area (Å²) < 4.78 is 0. The summed E-state index contributed by atoms with van der Waals surface area (Å²) in [7, 11) is 0. The molecule has 8 heteroatoms. The minimum atomic E-state index is -0.387. The molecule has 0 unspecified atom stereocenters. The third-order valence-corrected chi connectivity index (χ3v) is 5.00. The van der Waals surface area contributed by atoms with E-state index >= 15 is 0 Å². The number of nitrogens with one attached hydrogen (secondary N) is 3. The lowest BCUT2D eigenvalue weighted by atomic mass is 10.2. The normalized spacial score (nSPS) is 10.2. The number of nitrogens with two attached hydrogens (primary N) is 1. The Morgan fingerprint density at radius 3 is 2.58 bits per heavy atom. The molecule has 0 aliphatic rings. The highest BCUT2D eigenvalue weighted by molar-refractivity contribution is 5.97. The van der Waals surface area contributed by atoms with Gasteiger partial charge in [0.25, 0.3) is 5.91 Å². The molecule has 0 aromatic heterocycles. The van der Waals surface area contributed by atoms with Gasteiger partial charge >= 0.3 is 0 Å². The van der Waals surface area contributed by atoms with E-state index in [0.717, 1.165) is 30.5 Å². The van der Waals surface area contributed by atoms with Crippen molar-refractivity contribution in [2.75, 3.05) is 30.3 Å². The molecule has 0 bridgehead atoms. The summed E-state index contributed by atoms with van der Waals surface area (Å²) in [6.07, 6.45) is 3.45. The van der Waals surface area contributed by atoms with Crippen molar-refractivity contribution in [2.24, 2.45) is 5.73 Å². The summed E-state index contributed by atoms with van der Waals surface area (Å²) in [6, 6.07) is 14.2. The van der Waals surface area contributed by atoms with E-state index in [0.29, 0.717) is 43.0 Å². The lowest BCUT2D eigenvalue weighted by molar-refractivity contribution is -0.129. The summed E-state index contributed by atoms with van der Waals surface area (Å²) in [5, 5.41) is 8.41. The Kier molecular flexibility index (Phi) is 10.6.